The zero-order valence-electron chi connectivity index (χ0n) is 17.5. The number of nitrogens with one attached hydrogen (secondary N) is 1. The van der Waals surface area contributed by atoms with Crippen LogP contribution in [0.3, 0.4) is 0 Å². The summed E-state index contributed by atoms with van der Waals surface area (Å²) >= 11 is 0. The number of carbonyl (C=O) groups is 1. The highest BCUT2D eigenvalue weighted by molar-refractivity contribution is 5.93. The van der Waals surface area contributed by atoms with Crippen molar-refractivity contribution in [1.82, 2.24) is 29.8 Å². The van der Waals surface area contributed by atoms with Gasteiger partial charge in [-0.25, -0.2) is 9.97 Å². The summed E-state index contributed by atoms with van der Waals surface area (Å²) in [6.45, 7) is 3.47. The van der Waals surface area contributed by atoms with Gasteiger partial charge in [0.2, 0.25) is 5.91 Å². The average molecular weight is 430 g/mol. The Morgan fingerprint density at radius 1 is 1.12 bits per heavy atom. The lowest BCUT2D eigenvalue weighted by atomic mass is 9.95. The molecule has 4 aromatic rings. The summed E-state index contributed by atoms with van der Waals surface area (Å²) in [6.07, 6.45) is 6.36. The fraction of sp³-hybridized carbons (Fsp3) is 0.273. The smallest absolute Gasteiger partial charge is 0.321 e. The van der Waals surface area contributed by atoms with Gasteiger partial charge in [0.25, 0.3) is 0 Å². The van der Waals surface area contributed by atoms with E-state index in [0.717, 1.165) is 43.0 Å². The largest absolute Gasteiger partial charge is 0.424 e. The number of amides is 1. The molecule has 1 fully saturated rings. The molecule has 3 aromatic heterocycles. The topological polar surface area (TPSA) is 110 Å². The molecule has 1 N–H and O–H groups in total. The molecule has 1 saturated heterocycles. The van der Waals surface area contributed by atoms with Gasteiger partial charge in [0.1, 0.15) is 17.9 Å². The van der Waals surface area contributed by atoms with Crippen LogP contribution in [0.2, 0.25) is 0 Å². The summed E-state index contributed by atoms with van der Waals surface area (Å²) in [6, 6.07) is 11.4. The van der Waals surface area contributed by atoms with E-state index in [4.69, 9.17) is 4.74 Å². The molecule has 1 amide bonds. The Morgan fingerprint density at radius 3 is 2.72 bits per heavy atom. The fourth-order valence-electron chi connectivity index (χ4n) is 3.78. The maximum absolute atomic E-state index is 12.9. The van der Waals surface area contributed by atoms with E-state index >= 15 is 0 Å². The Balaban J connectivity index is 1.18. The van der Waals surface area contributed by atoms with Crippen molar-refractivity contribution in [2.24, 2.45) is 5.92 Å². The van der Waals surface area contributed by atoms with Gasteiger partial charge in [-0.3, -0.25) is 4.79 Å². The second-order valence-electron chi connectivity index (χ2n) is 7.69. The van der Waals surface area contributed by atoms with E-state index in [1.54, 1.807) is 35.4 Å². The van der Waals surface area contributed by atoms with E-state index in [1.807, 2.05) is 31.2 Å². The highest BCUT2D eigenvalue weighted by Gasteiger charge is 2.26. The Hall–Kier alpha value is -4.08. The second kappa shape index (κ2) is 8.58. The molecule has 4 heterocycles. The first-order chi connectivity index (χ1) is 15.7. The molecule has 32 heavy (non-hydrogen) atoms. The number of aryl methyl sites for hydroxylation is 1. The van der Waals surface area contributed by atoms with Gasteiger partial charge in [-0.15, -0.1) is 15.3 Å². The van der Waals surface area contributed by atoms with Crippen LogP contribution >= 0.6 is 0 Å². The molecule has 10 nitrogen and oxygen atoms in total. The van der Waals surface area contributed by atoms with E-state index in [9.17, 15) is 4.79 Å². The first kappa shape index (κ1) is 19.9. The van der Waals surface area contributed by atoms with E-state index in [0.29, 0.717) is 11.4 Å². The molecular weight excluding hydrogens is 408 g/mol. The fourth-order valence-corrected chi connectivity index (χ4v) is 3.78. The summed E-state index contributed by atoms with van der Waals surface area (Å²) in [7, 11) is 0. The maximum atomic E-state index is 12.9. The molecule has 0 spiro atoms. The molecule has 0 atom stereocenters. The van der Waals surface area contributed by atoms with Crippen molar-refractivity contribution < 1.29 is 9.53 Å². The number of benzene rings is 1. The van der Waals surface area contributed by atoms with Gasteiger partial charge in [-0.1, -0.05) is 0 Å². The van der Waals surface area contributed by atoms with Gasteiger partial charge < -0.3 is 15.0 Å². The molecule has 5 rings (SSSR count). The highest BCUT2D eigenvalue weighted by atomic mass is 16.5. The minimum absolute atomic E-state index is 0.0371. The third-order valence-electron chi connectivity index (χ3n) is 5.54. The van der Waals surface area contributed by atoms with Gasteiger partial charge in [0, 0.05) is 37.1 Å². The van der Waals surface area contributed by atoms with Gasteiger partial charge in [-0.05, 0) is 61.7 Å². The number of piperidine rings is 1. The van der Waals surface area contributed by atoms with Crippen molar-refractivity contribution in [2.75, 3.05) is 23.3 Å². The van der Waals surface area contributed by atoms with Crippen LogP contribution in [0, 0.1) is 12.8 Å². The van der Waals surface area contributed by atoms with Crippen LogP contribution in [0.4, 0.5) is 11.5 Å². The van der Waals surface area contributed by atoms with E-state index < -0.39 is 0 Å². The molecular formula is C22H22N8O2. The van der Waals surface area contributed by atoms with Gasteiger partial charge in [0.05, 0.1) is 0 Å². The molecule has 0 bridgehead atoms. The Labute approximate surface area is 184 Å². The summed E-state index contributed by atoms with van der Waals surface area (Å²) in [5.41, 5.74) is 2.40. The van der Waals surface area contributed by atoms with Crippen molar-refractivity contribution in [3.63, 3.8) is 0 Å². The SMILES string of the molecule is Cc1cc(Oc2ncccn2)ccc1NC(=O)C1CCN(c2ccc3nncn3n2)CC1. The van der Waals surface area contributed by atoms with E-state index in [-0.39, 0.29) is 17.8 Å². The lowest BCUT2D eigenvalue weighted by molar-refractivity contribution is -0.120. The first-order valence-electron chi connectivity index (χ1n) is 10.4. The quantitative estimate of drug-likeness (QED) is 0.515. The number of ether oxygens (including phenoxy) is 1. The number of nitrogens with zero attached hydrogens (tertiary/aromatic N) is 7. The van der Waals surface area contributed by atoms with Crippen molar-refractivity contribution in [1.29, 1.82) is 0 Å². The van der Waals surface area contributed by atoms with Crippen LogP contribution in [-0.4, -0.2) is 48.8 Å². The molecule has 0 saturated carbocycles. The normalized spacial score (nSPS) is 14.5. The summed E-state index contributed by atoms with van der Waals surface area (Å²) in [4.78, 5) is 23.2. The average Bonchev–Trinajstić information content (AvgIpc) is 3.29. The van der Waals surface area contributed by atoms with Crippen LogP contribution in [-0.2, 0) is 4.79 Å². The Bertz CT molecular complexity index is 1240. The van der Waals surface area contributed by atoms with Crippen LogP contribution in [0.25, 0.3) is 5.65 Å². The second-order valence-corrected chi connectivity index (χ2v) is 7.69. The zero-order valence-corrected chi connectivity index (χ0v) is 17.5. The molecule has 1 aliphatic rings. The third kappa shape index (κ3) is 4.20. The van der Waals surface area contributed by atoms with Crippen molar-refractivity contribution in [3.05, 3.63) is 60.7 Å². The number of anilines is 2. The molecule has 1 aromatic carbocycles. The third-order valence-corrected chi connectivity index (χ3v) is 5.54. The van der Waals surface area contributed by atoms with Crippen LogP contribution in [0.15, 0.2) is 55.1 Å². The molecule has 0 unspecified atom stereocenters. The number of carbonyl (C=O) groups excluding carboxylic acids is 1. The predicted octanol–water partition coefficient (Wildman–Crippen LogP) is 2.87. The van der Waals surface area contributed by atoms with E-state index in [1.165, 1.54) is 0 Å². The van der Waals surface area contributed by atoms with Crippen molar-refractivity contribution in [2.45, 2.75) is 19.8 Å². The Morgan fingerprint density at radius 2 is 1.94 bits per heavy atom. The first-order valence-corrected chi connectivity index (χ1v) is 10.4. The van der Waals surface area contributed by atoms with Crippen LogP contribution in [0.1, 0.15) is 18.4 Å². The summed E-state index contributed by atoms with van der Waals surface area (Å²) in [5.74, 6) is 1.48. The molecule has 1 aliphatic heterocycles. The minimum Gasteiger partial charge on any atom is -0.424 e. The van der Waals surface area contributed by atoms with Gasteiger partial charge >= 0.3 is 6.01 Å². The van der Waals surface area contributed by atoms with Crippen molar-refractivity contribution >= 4 is 23.1 Å². The monoisotopic (exact) mass is 430 g/mol. The number of rotatable bonds is 5. The van der Waals surface area contributed by atoms with Gasteiger partial charge in [-0.2, -0.15) is 4.52 Å². The standard InChI is InChI=1S/C22H22N8O2/c1-15-13-17(32-22-23-9-2-10-24-22)3-4-18(15)26-21(31)16-7-11-29(12-8-16)20-6-5-19-27-25-14-30(19)28-20/h2-6,9-10,13-14,16H,7-8,11-12H2,1H3,(H,26,31). The predicted molar refractivity (Wildman–Crippen MR) is 118 cm³/mol. The summed E-state index contributed by atoms with van der Waals surface area (Å²) < 4.78 is 7.32. The number of aromatic nitrogens is 6. The summed E-state index contributed by atoms with van der Waals surface area (Å²) in [5, 5.41) is 15.4. The van der Waals surface area contributed by atoms with Crippen molar-refractivity contribution in [3.8, 4) is 11.8 Å². The lowest BCUT2D eigenvalue weighted by Crippen LogP contribution is -2.38. The maximum Gasteiger partial charge on any atom is 0.321 e. The number of hydrogen-bond donors (Lipinski definition) is 1. The van der Waals surface area contributed by atoms with Crippen LogP contribution < -0.4 is 15.0 Å². The highest BCUT2D eigenvalue weighted by Crippen LogP contribution is 2.27. The number of fused-ring (bicyclic) bond motifs is 1. The Kier molecular flexibility index (Phi) is 5.32. The lowest BCUT2D eigenvalue weighted by Gasteiger charge is -2.32. The van der Waals surface area contributed by atoms with Gasteiger partial charge in [0.15, 0.2) is 5.65 Å². The minimum atomic E-state index is -0.0436. The molecule has 10 heteroatoms. The van der Waals surface area contributed by atoms with Crippen LogP contribution in [0.5, 0.6) is 11.8 Å². The molecule has 0 radical (unpaired) electrons. The molecule has 162 valence electrons. The van der Waals surface area contributed by atoms with E-state index in [2.05, 4.69) is 35.5 Å². The number of hydrogen-bond acceptors (Lipinski definition) is 8. The zero-order chi connectivity index (χ0) is 21.9. The molecule has 0 aliphatic carbocycles.